The van der Waals surface area contributed by atoms with Crippen molar-refractivity contribution in [3.63, 3.8) is 0 Å². The average Bonchev–Trinajstić information content (AvgIpc) is 2.89. The van der Waals surface area contributed by atoms with Crippen LogP contribution in [0.15, 0.2) is 41.0 Å². The van der Waals surface area contributed by atoms with Crippen LogP contribution < -0.4 is 4.90 Å². The van der Waals surface area contributed by atoms with E-state index < -0.39 is 0 Å². The van der Waals surface area contributed by atoms with Crippen molar-refractivity contribution in [2.24, 2.45) is 0 Å². The third kappa shape index (κ3) is 2.71. The molecule has 18 heavy (non-hydrogen) atoms. The normalized spacial score (nSPS) is 10.6. The van der Waals surface area contributed by atoms with E-state index in [1.165, 1.54) is 6.07 Å². The number of nitrogens with zero attached hydrogens (tertiary/aromatic N) is 1. The standard InChI is InChI=1S/C14H16FNO2/c1-2-16(9-12-4-3-7-18-12)14-6-5-11(10-17)8-13(14)15/h3-8,17H,2,9-10H2,1H3. The van der Waals surface area contributed by atoms with Crippen molar-refractivity contribution in [1.82, 2.24) is 0 Å². The Morgan fingerprint density at radius 2 is 2.17 bits per heavy atom. The molecule has 0 saturated carbocycles. The van der Waals surface area contributed by atoms with E-state index >= 15 is 0 Å². The molecule has 2 aromatic rings. The predicted octanol–water partition coefficient (Wildman–Crippen LogP) is 2.94. The van der Waals surface area contributed by atoms with Crippen molar-refractivity contribution >= 4 is 5.69 Å². The van der Waals surface area contributed by atoms with E-state index in [0.717, 1.165) is 5.76 Å². The molecule has 0 unspecified atom stereocenters. The third-order valence-electron chi connectivity index (χ3n) is 2.84. The molecule has 4 heteroatoms. The van der Waals surface area contributed by atoms with Crippen molar-refractivity contribution in [3.8, 4) is 0 Å². The van der Waals surface area contributed by atoms with Crippen LogP contribution in [-0.2, 0) is 13.2 Å². The minimum absolute atomic E-state index is 0.151. The maximum Gasteiger partial charge on any atom is 0.146 e. The summed E-state index contributed by atoms with van der Waals surface area (Å²) in [6, 6.07) is 8.45. The van der Waals surface area contributed by atoms with E-state index in [-0.39, 0.29) is 12.4 Å². The lowest BCUT2D eigenvalue weighted by atomic mass is 10.2. The van der Waals surface area contributed by atoms with Gasteiger partial charge in [-0.2, -0.15) is 0 Å². The molecule has 1 aromatic heterocycles. The Balaban J connectivity index is 2.22. The summed E-state index contributed by atoms with van der Waals surface area (Å²) in [7, 11) is 0. The third-order valence-corrected chi connectivity index (χ3v) is 2.84. The van der Waals surface area contributed by atoms with Crippen LogP contribution in [0.1, 0.15) is 18.2 Å². The molecule has 0 radical (unpaired) electrons. The molecule has 1 N–H and O–H groups in total. The Kier molecular flexibility index (Phi) is 3.99. The molecule has 0 atom stereocenters. The molecule has 0 aliphatic carbocycles. The second-order valence-electron chi connectivity index (χ2n) is 4.04. The highest BCUT2D eigenvalue weighted by atomic mass is 19.1. The maximum absolute atomic E-state index is 13.9. The van der Waals surface area contributed by atoms with E-state index in [2.05, 4.69) is 0 Å². The van der Waals surface area contributed by atoms with Crippen molar-refractivity contribution in [2.45, 2.75) is 20.1 Å². The minimum atomic E-state index is -0.324. The van der Waals surface area contributed by atoms with Crippen molar-refractivity contribution < 1.29 is 13.9 Å². The molecule has 0 bridgehead atoms. The van der Waals surface area contributed by atoms with E-state index in [9.17, 15) is 4.39 Å². The van der Waals surface area contributed by atoms with Gasteiger partial charge in [0.2, 0.25) is 0 Å². The molecule has 0 amide bonds. The van der Waals surface area contributed by atoms with Gasteiger partial charge in [0.1, 0.15) is 11.6 Å². The number of furan rings is 1. The van der Waals surface area contributed by atoms with Gasteiger partial charge in [0.05, 0.1) is 25.1 Å². The largest absolute Gasteiger partial charge is 0.467 e. The van der Waals surface area contributed by atoms with Crippen LogP contribution in [0, 0.1) is 5.82 Å². The van der Waals surface area contributed by atoms with Gasteiger partial charge in [0, 0.05) is 6.54 Å². The molecular formula is C14H16FNO2. The summed E-state index contributed by atoms with van der Waals surface area (Å²) in [6.45, 7) is 3.01. The minimum Gasteiger partial charge on any atom is -0.467 e. The summed E-state index contributed by atoms with van der Waals surface area (Å²) >= 11 is 0. The van der Waals surface area contributed by atoms with Crippen molar-refractivity contribution in [3.05, 3.63) is 53.7 Å². The molecule has 3 nitrogen and oxygen atoms in total. The van der Waals surface area contributed by atoms with Crippen LogP contribution in [0.25, 0.3) is 0 Å². The van der Waals surface area contributed by atoms with Crippen molar-refractivity contribution in [1.29, 1.82) is 0 Å². The van der Waals surface area contributed by atoms with Gasteiger partial charge in [-0.1, -0.05) is 6.07 Å². The first-order valence-corrected chi connectivity index (χ1v) is 5.91. The van der Waals surface area contributed by atoms with Crippen LogP contribution in [0.2, 0.25) is 0 Å². The first-order chi connectivity index (χ1) is 8.74. The summed E-state index contributed by atoms with van der Waals surface area (Å²) in [6.07, 6.45) is 1.61. The molecule has 0 saturated heterocycles. The fourth-order valence-electron chi connectivity index (χ4n) is 1.86. The summed E-state index contributed by atoms with van der Waals surface area (Å²) < 4.78 is 19.2. The van der Waals surface area contributed by atoms with Crippen LogP contribution in [0.5, 0.6) is 0 Å². The Labute approximate surface area is 105 Å². The number of hydrogen-bond donors (Lipinski definition) is 1. The Morgan fingerprint density at radius 1 is 1.33 bits per heavy atom. The maximum atomic E-state index is 13.9. The highest BCUT2D eigenvalue weighted by Crippen LogP contribution is 2.22. The number of rotatable bonds is 5. The summed E-state index contributed by atoms with van der Waals surface area (Å²) in [5.74, 6) is 0.470. The Hall–Kier alpha value is -1.81. The van der Waals surface area contributed by atoms with Gasteiger partial charge < -0.3 is 14.4 Å². The highest BCUT2D eigenvalue weighted by molar-refractivity contribution is 5.49. The lowest BCUT2D eigenvalue weighted by Crippen LogP contribution is -2.22. The van der Waals surface area contributed by atoms with E-state index in [1.54, 1.807) is 18.4 Å². The zero-order chi connectivity index (χ0) is 13.0. The smallest absolute Gasteiger partial charge is 0.146 e. The first kappa shape index (κ1) is 12.6. The fourth-order valence-corrected chi connectivity index (χ4v) is 1.86. The lowest BCUT2D eigenvalue weighted by Gasteiger charge is -2.22. The SMILES string of the molecule is CCN(Cc1ccco1)c1ccc(CO)cc1F. The van der Waals surface area contributed by atoms with E-state index in [4.69, 9.17) is 9.52 Å². The quantitative estimate of drug-likeness (QED) is 0.885. The monoisotopic (exact) mass is 249 g/mol. The van der Waals surface area contributed by atoms with Gasteiger partial charge in [0.25, 0.3) is 0 Å². The number of halogens is 1. The van der Waals surface area contributed by atoms with Crippen LogP contribution in [0.3, 0.4) is 0 Å². The zero-order valence-electron chi connectivity index (χ0n) is 10.3. The molecule has 0 fully saturated rings. The molecular weight excluding hydrogens is 233 g/mol. The number of benzene rings is 1. The Bertz CT molecular complexity index is 497. The highest BCUT2D eigenvalue weighted by Gasteiger charge is 2.12. The number of hydrogen-bond acceptors (Lipinski definition) is 3. The summed E-state index contributed by atoms with van der Waals surface area (Å²) in [4.78, 5) is 1.88. The summed E-state index contributed by atoms with van der Waals surface area (Å²) in [5, 5.41) is 8.96. The molecule has 0 aliphatic rings. The molecule has 96 valence electrons. The first-order valence-electron chi connectivity index (χ1n) is 5.91. The topological polar surface area (TPSA) is 36.6 Å². The van der Waals surface area contributed by atoms with Gasteiger partial charge in [-0.3, -0.25) is 0 Å². The second kappa shape index (κ2) is 5.69. The van der Waals surface area contributed by atoms with Crippen LogP contribution in [0.4, 0.5) is 10.1 Å². The fraction of sp³-hybridized carbons (Fsp3) is 0.286. The van der Waals surface area contributed by atoms with Crippen molar-refractivity contribution in [2.75, 3.05) is 11.4 Å². The van der Waals surface area contributed by atoms with E-state index in [0.29, 0.717) is 24.3 Å². The van der Waals surface area contributed by atoms with Gasteiger partial charge in [-0.15, -0.1) is 0 Å². The average molecular weight is 249 g/mol. The van der Waals surface area contributed by atoms with Crippen LogP contribution >= 0.6 is 0 Å². The molecule has 0 spiro atoms. The molecule has 2 rings (SSSR count). The van der Waals surface area contributed by atoms with Crippen LogP contribution in [-0.4, -0.2) is 11.7 Å². The van der Waals surface area contributed by atoms with Gasteiger partial charge in [-0.25, -0.2) is 4.39 Å². The number of anilines is 1. The lowest BCUT2D eigenvalue weighted by molar-refractivity contribution is 0.281. The zero-order valence-corrected chi connectivity index (χ0v) is 10.3. The second-order valence-corrected chi connectivity index (χ2v) is 4.04. The van der Waals surface area contributed by atoms with E-state index in [1.807, 2.05) is 24.0 Å². The van der Waals surface area contributed by atoms with Gasteiger partial charge >= 0.3 is 0 Å². The summed E-state index contributed by atoms with van der Waals surface area (Å²) in [5.41, 5.74) is 1.09. The molecule has 1 heterocycles. The molecule has 1 aromatic carbocycles. The number of aliphatic hydroxyl groups excluding tert-OH is 1. The Morgan fingerprint density at radius 3 is 2.72 bits per heavy atom. The number of aliphatic hydroxyl groups is 1. The van der Waals surface area contributed by atoms with Gasteiger partial charge in [-0.05, 0) is 36.8 Å². The molecule has 0 aliphatic heterocycles. The predicted molar refractivity (Wildman–Crippen MR) is 67.8 cm³/mol. The van der Waals surface area contributed by atoms with Gasteiger partial charge in [0.15, 0.2) is 0 Å².